The van der Waals surface area contributed by atoms with E-state index in [4.69, 9.17) is 5.73 Å². The lowest BCUT2D eigenvalue weighted by atomic mass is 9.47. The van der Waals surface area contributed by atoms with Crippen molar-refractivity contribution in [2.45, 2.75) is 54.4 Å². The minimum absolute atomic E-state index is 0.0341. The summed E-state index contributed by atoms with van der Waals surface area (Å²) in [5, 5.41) is 0. The van der Waals surface area contributed by atoms with Gasteiger partial charge in [-0.25, -0.2) is 0 Å². The predicted octanol–water partition coefficient (Wildman–Crippen LogP) is 3.40. The van der Waals surface area contributed by atoms with Crippen LogP contribution < -0.4 is 5.73 Å². The number of hydrogen-bond acceptors (Lipinski definition) is 3. The van der Waals surface area contributed by atoms with Crippen LogP contribution in [0, 0.1) is 22.2 Å². The normalized spacial score (nSPS) is 36.1. The summed E-state index contributed by atoms with van der Waals surface area (Å²) in [7, 11) is 0. The second-order valence-corrected chi connectivity index (χ2v) is 8.08. The quantitative estimate of drug-likeness (QED) is 0.753. The zero-order valence-corrected chi connectivity index (χ0v) is 14.0. The molecule has 2 rings (SSSR count). The molecule has 3 heteroatoms. The maximum Gasteiger partial charge on any atom is 0.184 e. The van der Waals surface area contributed by atoms with E-state index < -0.39 is 5.41 Å². The molecule has 0 bridgehead atoms. The lowest BCUT2D eigenvalue weighted by Crippen LogP contribution is -2.53. The van der Waals surface area contributed by atoms with E-state index in [0.717, 1.165) is 18.4 Å². The van der Waals surface area contributed by atoms with Gasteiger partial charge in [0.15, 0.2) is 11.6 Å². The Morgan fingerprint density at radius 3 is 2.38 bits per heavy atom. The number of Topliss-reactive ketones (excluding diaryl/α,β-unsaturated/α-hetero) is 1. The standard InChI is InChI=1S/C18H27NO2/c1-11(20)9-14-16(2,3)8-7-13-17(4,5)15(21)12(19)10-18(13,14)6/h9-10,13H,7-8,19H2,1-6H3/b14-9+/t13?,18-/m0/s1. The highest BCUT2D eigenvalue weighted by molar-refractivity contribution is 6.00. The Bertz CT molecular complexity index is 566. The molecule has 0 heterocycles. The van der Waals surface area contributed by atoms with Crippen molar-refractivity contribution in [3.8, 4) is 0 Å². The van der Waals surface area contributed by atoms with Gasteiger partial charge in [-0.2, -0.15) is 0 Å². The molecule has 0 aromatic heterocycles. The van der Waals surface area contributed by atoms with Crippen molar-refractivity contribution < 1.29 is 9.59 Å². The molecule has 2 atom stereocenters. The van der Waals surface area contributed by atoms with Crippen molar-refractivity contribution in [1.29, 1.82) is 0 Å². The number of hydrogen-bond donors (Lipinski definition) is 1. The summed E-state index contributed by atoms with van der Waals surface area (Å²) < 4.78 is 0. The molecule has 2 N–H and O–H groups in total. The number of ketones is 2. The molecule has 116 valence electrons. The van der Waals surface area contributed by atoms with Crippen LogP contribution >= 0.6 is 0 Å². The van der Waals surface area contributed by atoms with Crippen molar-refractivity contribution in [3.63, 3.8) is 0 Å². The van der Waals surface area contributed by atoms with Crippen LogP contribution in [0.25, 0.3) is 0 Å². The number of carbonyl (C=O) groups excluding carboxylic acids is 2. The summed E-state index contributed by atoms with van der Waals surface area (Å²) in [6.07, 6.45) is 5.63. The Kier molecular flexibility index (Phi) is 3.47. The SMILES string of the molecule is CC(=O)/C=C1\C(C)(C)CCC2C(C)(C)C(=O)C(N)=C[C@]12C. The highest BCUT2D eigenvalue weighted by atomic mass is 16.1. The fourth-order valence-electron chi connectivity index (χ4n) is 4.62. The van der Waals surface area contributed by atoms with E-state index >= 15 is 0 Å². The fraction of sp³-hybridized carbons (Fsp3) is 0.667. The number of carbonyl (C=O) groups is 2. The number of fused-ring (bicyclic) bond motifs is 1. The Morgan fingerprint density at radius 2 is 1.86 bits per heavy atom. The molecule has 21 heavy (non-hydrogen) atoms. The van der Waals surface area contributed by atoms with Crippen LogP contribution in [0.15, 0.2) is 23.4 Å². The smallest absolute Gasteiger partial charge is 0.184 e. The van der Waals surface area contributed by atoms with Crippen LogP contribution in [0.5, 0.6) is 0 Å². The van der Waals surface area contributed by atoms with Gasteiger partial charge >= 0.3 is 0 Å². The first-order valence-corrected chi connectivity index (χ1v) is 7.69. The topological polar surface area (TPSA) is 60.2 Å². The second kappa shape index (κ2) is 4.56. The van der Waals surface area contributed by atoms with E-state index in [1.807, 2.05) is 19.9 Å². The fourth-order valence-corrected chi connectivity index (χ4v) is 4.62. The minimum Gasteiger partial charge on any atom is -0.396 e. The van der Waals surface area contributed by atoms with E-state index in [-0.39, 0.29) is 28.3 Å². The van der Waals surface area contributed by atoms with Crippen LogP contribution in [-0.2, 0) is 9.59 Å². The average molecular weight is 289 g/mol. The molecule has 0 aromatic rings. The van der Waals surface area contributed by atoms with Crippen LogP contribution in [0.3, 0.4) is 0 Å². The first-order valence-electron chi connectivity index (χ1n) is 7.69. The summed E-state index contributed by atoms with van der Waals surface area (Å²) in [5.41, 5.74) is 6.62. The van der Waals surface area contributed by atoms with Crippen LogP contribution in [0.2, 0.25) is 0 Å². The molecule has 3 nitrogen and oxygen atoms in total. The van der Waals surface area contributed by atoms with Crippen LogP contribution in [0.4, 0.5) is 0 Å². The van der Waals surface area contributed by atoms with Crippen LogP contribution in [-0.4, -0.2) is 11.6 Å². The van der Waals surface area contributed by atoms with Gasteiger partial charge in [0.1, 0.15) is 0 Å². The first-order chi connectivity index (χ1) is 9.43. The van der Waals surface area contributed by atoms with Gasteiger partial charge in [-0.1, -0.05) is 40.2 Å². The summed E-state index contributed by atoms with van der Waals surface area (Å²) in [5.74, 6) is 0.275. The van der Waals surface area contributed by atoms with E-state index in [1.165, 1.54) is 0 Å². The molecular formula is C18H27NO2. The first kappa shape index (κ1) is 16.0. The van der Waals surface area contributed by atoms with Gasteiger partial charge in [0.05, 0.1) is 5.70 Å². The molecule has 0 saturated heterocycles. The van der Waals surface area contributed by atoms with Gasteiger partial charge in [-0.15, -0.1) is 0 Å². The zero-order valence-electron chi connectivity index (χ0n) is 14.0. The summed E-state index contributed by atoms with van der Waals surface area (Å²) in [6.45, 7) is 12.0. The largest absolute Gasteiger partial charge is 0.396 e. The third-order valence-electron chi connectivity index (χ3n) is 5.61. The molecule has 2 aliphatic rings. The molecule has 1 saturated carbocycles. The molecule has 0 radical (unpaired) electrons. The van der Waals surface area contributed by atoms with E-state index in [2.05, 4.69) is 20.8 Å². The molecule has 0 aliphatic heterocycles. The van der Waals surface area contributed by atoms with Crippen molar-refractivity contribution in [2.75, 3.05) is 0 Å². The maximum absolute atomic E-state index is 12.5. The van der Waals surface area contributed by atoms with Crippen molar-refractivity contribution in [3.05, 3.63) is 23.4 Å². The summed E-state index contributed by atoms with van der Waals surface area (Å²) in [4.78, 5) is 24.2. The Labute approximate surface area is 127 Å². The summed E-state index contributed by atoms with van der Waals surface area (Å²) in [6, 6.07) is 0. The van der Waals surface area contributed by atoms with Gasteiger partial charge in [0.2, 0.25) is 0 Å². The van der Waals surface area contributed by atoms with E-state index in [9.17, 15) is 9.59 Å². The number of nitrogens with two attached hydrogens (primary N) is 1. The van der Waals surface area contributed by atoms with Gasteiger partial charge < -0.3 is 5.73 Å². The predicted molar refractivity (Wildman–Crippen MR) is 84.4 cm³/mol. The molecule has 0 spiro atoms. The van der Waals surface area contributed by atoms with Crippen molar-refractivity contribution >= 4 is 11.6 Å². The monoisotopic (exact) mass is 289 g/mol. The highest BCUT2D eigenvalue weighted by Crippen LogP contribution is 2.61. The average Bonchev–Trinajstić information content (AvgIpc) is 2.31. The number of allylic oxidation sites excluding steroid dienone is 4. The Hall–Kier alpha value is -1.38. The lowest BCUT2D eigenvalue weighted by molar-refractivity contribution is -0.131. The molecule has 0 aromatic carbocycles. The van der Waals surface area contributed by atoms with Crippen molar-refractivity contribution in [1.82, 2.24) is 0 Å². The molecule has 0 amide bonds. The Balaban J connectivity index is 2.71. The number of rotatable bonds is 1. The van der Waals surface area contributed by atoms with Crippen LogP contribution in [0.1, 0.15) is 54.4 Å². The Morgan fingerprint density at radius 1 is 1.29 bits per heavy atom. The molecular weight excluding hydrogens is 262 g/mol. The van der Waals surface area contributed by atoms with E-state index in [1.54, 1.807) is 13.0 Å². The van der Waals surface area contributed by atoms with Gasteiger partial charge in [0.25, 0.3) is 0 Å². The van der Waals surface area contributed by atoms with E-state index in [0.29, 0.717) is 5.70 Å². The second-order valence-electron chi connectivity index (χ2n) is 8.08. The highest BCUT2D eigenvalue weighted by Gasteiger charge is 2.56. The van der Waals surface area contributed by atoms with Gasteiger partial charge in [0, 0.05) is 10.8 Å². The van der Waals surface area contributed by atoms with Gasteiger partial charge in [-0.05, 0) is 43.3 Å². The lowest BCUT2D eigenvalue weighted by Gasteiger charge is -2.56. The minimum atomic E-state index is -0.486. The molecule has 2 aliphatic carbocycles. The van der Waals surface area contributed by atoms with Crippen molar-refractivity contribution in [2.24, 2.45) is 27.9 Å². The third-order valence-corrected chi connectivity index (χ3v) is 5.61. The third kappa shape index (κ3) is 2.27. The molecule has 1 fully saturated rings. The van der Waals surface area contributed by atoms with Gasteiger partial charge in [-0.3, -0.25) is 9.59 Å². The molecule has 1 unspecified atom stereocenters. The zero-order chi connectivity index (χ0) is 16.2. The maximum atomic E-state index is 12.5. The summed E-state index contributed by atoms with van der Waals surface area (Å²) >= 11 is 0.